The average Bonchev–Trinajstić information content (AvgIpc) is 2.61. The van der Waals surface area contributed by atoms with E-state index >= 15 is 0 Å². The van der Waals surface area contributed by atoms with E-state index < -0.39 is 8.07 Å². The molecule has 3 heteroatoms. The van der Waals surface area contributed by atoms with Crippen molar-refractivity contribution >= 4 is 13.3 Å². The first kappa shape index (κ1) is 19.7. The maximum atomic E-state index is 8.84. The van der Waals surface area contributed by atoms with Gasteiger partial charge in [-0.1, -0.05) is 68.4 Å². The van der Waals surface area contributed by atoms with Crippen molar-refractivity contribution in [3.05, 3.63) is 29.8 Å². The second-order valence-electron chi connectivity index (χ2n) is 8.03. The first-order chi connectivity index (χ1) is 11.6. The summed E-state index contributed by atoms with van der Waals surface area (Å²) in [6.45, 7) is 8.24. The topological polar surface area (TPSA) is 29.5 Å². The van der Waals surface area contributed by atoms with Gasteiger partial charge in [-0.05, 0) is 43.6 Å². The van der Waals surface area contributed by atoms with Crippen molar-refractivity contribution in [3.8, 4) is 0 Å². The van der Waals surface area contributed by atoms with E-state index in [2.05, 4.69) is 44.3 Å². The summed E-state index contributed by atoms with van der Waals surface area (Å²) in [5.41, 5.74) is 1.52. The van der Waals surface area contributed by atoms with Gasteiger partial charge in [-0.15, -0.1) is 0 Å². The molecular weight excluding hydrogens is 312 g/mol. The second kappa shape index (κ2) is 9.74. The molecule has 1 fully saturated rings. The molecular formula is C21H36O2Si. The number of benzene rings is 1. The Kier molecular flexibility index (Phi) is 7.99. The summed E-state index contributed by atoms with van der Waals surface area (Å²) in [7, 11) is -1.24. The van der Waals surface area contributed by atoms with Crippen LogP contribution < -0.4 is 5.19 Å². The standard InChI is InChI=1S/C21H36O2Si/c1-4-5-17-24(2,3)21-13-9-19(10-14-21)18-7-11-20(12-8-18)23-16-6-15-22/h9-10,13-14,18,20,22H,4-8,11-12,15-17H2,1-3H3. The Hall–Kier alpha value is -0.643. The number of hydrogen-bond donors (Lipinski definition) is 1. The maximum Gasteiger partial charge on any atom is 0.0806 e. The van der Waals surface area contributed by atoms with Crippen molar-refractivity contribution < 1.29 is 9.84 Å². The van der Waals surface area contributed by atoms with Crippen molar-refractivity contribution in [3.63, 3.8) is 0 Å². The van der Waals surface area contributed by atoms with Gasteiger partial charge in [0.05, 0.1) is 14.2 Å². The minimum absolute atomic E-state index is 0.236. The number of ether oxygens (including phenoxy) is 1. The lowest BCUT2D eigenvalue weighted by molar-refractivity contribution is 0.0180. The summed E-state index contributed by atoms with van der Waals surface area (Å²) in [5, 5.41) is 10.4. The third kappa shape index (κ3) is 5.71. The Bertz CT molecular complexity index is 461. The van der Waals surface area contributed by atoms with Crippen LogP contribution in [-0.2, 0) is 4.74 Å². The van der Waals surface area contributed by atoms with Crippen molar-refractivity contribution in [2.45, 2.75) is 83.0 Å². The fraction of sp³-hybridized carbons (Fsp3) is 0.714. The lowest BCUT2D eigenvalue weighted by Crippen LogP contribution is -2.41. The zero-order valence-corrected chi connectivity index (χ0v) is 16.9. The molecule has 1 aromatic carbocycles. The molecule has 24 heavy (non-hydrogen) atoms. The smallest absolute Gasteiger partial charge is 0.0806 e. The molecule has 2 rings (SSSR count). The van der Waals surface area contributed by atoms with Gasteiger partial charge in [-0.25, -0.2) is 0 Å². The molecule has 2 nitrogen and oxygen atoms in total. The maximum absolute atomic E-state index is 8.84. The summed E-state index contributed by atoms with van der Waals surface area (Å²) in [6, 6.07) is 11.0. The van der Waals surface area contributed by atoms with E-state index in [1.165, 1.54) is 37.3 Å². The fourth-order valence-corrected chi connectivity index (χ4v) is 6.44. The van der Waals surface area contributed by atoms with E-state index in [4.69, 9.17) is 9.84 Å². The second-order valence-corrected chi connectivity index (χ2v) is 12.9. The van der Waals surface area contributed by atoms with Gasteiger partial charge in [0.25, 0.3) is 0 Å². The van der Waals surface area contributed by atoms with E-state index in [1.54, 1.807) is 5.19 Å². The third-order valence-corrected chi connectivity index (χ3v) is 9.15. The predicted octanol–water partition coefficient (Wildman–Crippen LogP) is 4.83. The van der Waals surface area contributed by atoms with Gasteiger partial charge in [-0.2, -0.15) is 0 Å². The highest BCUT2D eigenvalue weighted by atomic mass is 28.3. The number of aliphatic hydroxyl groups is 1. The molecule has 0 heterocycles. The highest BCUT2D eigenvalue weighted by Gasteiger charge is 2.25. The zero-order chi connectivity index (χ0) is 17.4. The minimum Gasteiger partial charge on any atom is -0.396 e. The monoisotopic (exact) mass is 348 g/mol. The van der Waals surface area contributed by atoms with Gasteiger partial charge in [-0.3, -0.25) is 0 Å². The third-order valence-electron chi connectivity index (χ3n) is 5.65. The Morgan fingerprint density at radius 2 is 1.71 bits per heavy atom. The molecule has 1 N–H and O–H groups in total. The average molecular weight is 349 g/mol. The van der Waals surface area contributed by atoms with Crippen LogP contribution in [0.5, 0.6) is 0 Å². The molecule has 136 valence electrons. The summed E-state index contributed by atoms with van der Waals surface area (Å²) in [4.78, 5) is 0. The van der Waals surface area contributed by atoms with Crippen molar-refractivity contribution in [2.75, 3.05) is 13.2 Å². The number of rotatable bonds is 9. The van der Waals surface area contributed by atoms with E-state index in [1.807, 2.05) is 0 Å². The molecule has 0 bridgehead atoms. The Morgan fingerprint density at radius 1 is 1.04 bits per heavy atom. The van der Waals surface area contributed by atoms with Crippen LogP contribution in [0.4, 0.5) is 0 Å². The lowest BCUT2D eigenvalue weighted by Gasteiger charge is -2.29. The van der Waals surface area contributed by atoms with Crippen molar-refractivity contribution in [2.24, 2.45) is 0 Å². The summed E-state index contributed by atoms with van der Waals surface area (Å²) < 4.78 is 5.85. The van der Waals surface area contributed by atoms with Gasteiger partial charge in [0.15, 0.2) is 0 Å². The van der Waals surface area contributed by atoms with Gasteiger partial charge in [0, 0.05) is 13.2 Å². The Morgan fingerprint density at radius 3 is 2.29 bits per heavy atom. The van der Waals surface area contributed by atoms with Crippen LogP contribution >= 0.6 is 0 Å². The molecule has 0 aliphatic heterocycles. The van der Waals surface area contributed by atoms with Gasteiger partial charge in [0.1, 0.15) is 0 Å². The molecule has 0 spiro atoms. The van der Waals surface area contributed by atoms with Crippen LogP contribution in [0.1, 0.15) is 63.4 Å². The minimum atomic E-state index is -1.24. The highest BCUT2D eigenvalue weighted by Crippen LogP contribution is 2.34. The van der Waals surface area contributed by atoms with Crippen LogP contribution in [0.2, 0.25) is 19.1 Å². The van der Waals surface area contributed by atoms with Crippen LogP contribution in [-0.4, -0.2) is 32.5 Å². The van der Waals surface area contributed by atoms with E-state index in [0.29, 0.717) is 18.6 Å². The summed E-state index contributed by atoms with van der Waals surface area (Å²) >= 11 is 0. The summed E-state index contributed by atoms with van der Waals surface area (Å²) in [6.07, 6.45) is 8.63. The van der Waals surface area contributed by atoms with E-state index in [-0.39, 0.29) is 6.61 Å². The molecule has 0 amide bonds. The first-order valence-electron chi connectivity index (χ1n) is 9.89. The fourth-order valence-electron chi connectivity index (χ4n) is 3.85. The molecule has 1 saturated carbocycles. The van der Waals surface area contributed by atoms with Crippen LogP contribution in [0.25, 0.3) is 0 Å². The highest BCUT2D eigenvalue weighted by molar-refractivity contribution is 6.89. The molecule has 1 aliphatic carbocycles. The number of aliphatic hydroxyl groups excluding tert-OH is 1. The van der Waals surface area contributed by atoms with E-state index in [0.717, 1.165) is 19.3 Å². The molecule has 0 atom stereocenters. The van der Waals surface area contributed by atoms with Gasteiger partial charge >= 0.3 is 0 Å². The van der Waals surface area contributed by atoms with Gasteiger partial charge < -0.3 is 9.84 Å². The quantitative estimate of drug-likeness (QED) is 0.512. The molecule has 1 aliphatic rings. The van der Waals surface area contributed by atoms with Crippen molar-refractivity contribution in [1.29, 1.82) is 0 Å². The molecule has 0 saturated heterocycles. The Labute approximate surface area is 149 Å². The predicted molar refractivity (Wildman–Crippen MR) is 106 cm³/mol. The van der Waals surface area contributed by atoms with Crippen LogP contribution in [0.15, 0.2) is 24.3 Å². The SMILES string of the molecule is CCCC[Si](C)(C)c1ccc(C2CCC(OCCCO)CC2)cc1. The summed E-state index contributed by atoms with van der Waals surface area (Å²) in [5.74, 6) is 0.706. The van der Waals surface area contributed by atoms with Gasteiger partial charge in [0.2, 0.25) is 0 Å². The normalized spacial score (nSPS) is 21.8. The number of hydrogen-bond acceptors (Lipinski definition) is 2. The molecule has 0 unspecified atom stereocenters. The Balaban J connectivity index is 1.86. The molecule has 0 radical (unpaired) electrons. The first-order valence-corrected chi connectivity index (χ1v) is 13.1. The van der Waals surface area contributed by atoms with Crippen LogP contribution in [0.3, 0.4) is 0 Å². The molecule has 0 aromatic heterocycles. The van der Waals surface area contributed by atoms with Crippen molar-refractivity contribution in [1.82, 2.24) is 0 Å². The zero-order valence-electron chi connectivity index (χ0n) is 15.9. The molecule has 1 aromatic rings. The van der Waals surface area contributed by atoms with Crippen LogP contribution in [0, 0.1) is 0 Å². The van der Waals surface area contributed by atoms with E-state index in [9.17, 15) is 0 Å². The lowest BCUT2D eigenvalue weighted by atomic mass is 9.83. The largest absolute Gasteiger partial charge is 0.396 e. The number of unbranched alkanes of at least 4 members (excludes halogenated alkanes) is 1.